The number of hydrogen-bond acceptors (Lipinski definition) is 4. The minimum atomic E-state index is -0.661. The van der Waals surface area contributed by atoms with Crippen molar-refractivity contribution in [2.24, 2.45) is 5.73 Å². The quantitative estimate of drug-likeness (QED) is 0.641. The lowest BCUT2D eigenvalue weighted by Gasteiger charge is -2.05. The zero-order valence-electron chi connectivity index (χ0n) is 9.27. The van der Waals surface area contributed by atoms with Crippen molar-refractivity contribution >= 4 is 29.3 Å². The molecule has 1 heterocycles. The summed E-state index contributed by atoms with van der Waals surface area (Å²) < 4.78 is 0. The number of rotatable bonds is 5. The van der Waals surface area contributed by atoms with Crippen molar-refractivity contribution in [3.8, 4) is 0 Å². The van der Waals surface area contributed by atoms with E-state index >= 15 is 0 Å². The number of carbonyl (C=O) groups excluding carboxylic acids is 3. The Morgan fingerprint density at radius 1 is 1.28 bits per heavy atom. The van der Waals surface area contributed by atoms with E-state index < -0.39 is 17.7 Å². The third-order valence-electron chi connectivity index (χ3n) is 1.82. The second-order valence-corrected chi connectivity index (χ2v) is 3.72. The lowest BCUT2D eigenvalue weighted by molar-refractivity contribution is -0.124. The number of nitrogens with one attached hydrogen (secondary N) is 2. The first-order chi connectivity index (χ1) is 8.49. The zero-order chi connectivity index (χ0) is 13.5. The number of nitrogens with two attached hydrogens (primary N) is 1. The summed E-state index contributed by atoms with van der Waals surface area (Å²) in [6.07, 6.45) is 1.38. The molecule has 0 aliphatic heterocycles. The molecule has 0 spiro atoms. The second kappa shape index (κ2) is 6.55. The van der Waals surface area contributed by atoms with Gasteiger partial charge in [-0.25, -0.2) is 0 Å². The van der Waals surface area contributed by atoms with Gasteiger partial charge in [0.25, 0.3) is 5.91 Å². The summed E-state index contributed by atoms with van der Waals surface area (Å²) in [5, 5.41) is 4.92. The van der Waals surface area contributed by atoms with Gasteiger partial charge in [-0.1, -0.05) is 11.6 Å². The highest BCUT2D eigenvalue weighted by molar-refractivity contribution is 6.30. The number of amides is 3. The molecule has 0 radical (unpaired) electrons. The molecule has 0 aromatic carbocycles. The van der Waals surface area contributed by atoms with Gasteiger partial charge in [0, 0.05) is 11.2 Å². The topological polar surface area (TPSA) is 114 Å². The molecule has 1 aromatic rings. The summed E-state index contributed by atoms with van der Waals surface area (Å²) in [5.74, 6) is -1.72. The summed E-state index contributed by atoms with van der Waals surface area (Å²) in [5.41, 5.74) is 4.94. The molecule has 3 amide bonds. The van der Waals surface area contributed by atoms with Crippen molar-refractivity contribution in [2.75, 3.05) is 13.1 Å². The number of pyridine rings is 1. The van der Waals surface area contributed by atoms with Gasteiger partial charge in [0.2, 0.25) is 11.8 Å². The van der Waals surface area contributed by atoms with Crippen molar-refractivity contribution in [2.45, 2.75) is 0 Å². The maximum absolute atomic E-state index is 11.5. The van der Waals surface area contributed by atoms with Gasteiger partial charge in [0.15, 0.2) is 0 Å². The van der Waals surface area contributed by atoms with E-state index in [1.807, 2.05) is 0 Å². The number of aromatic nitrogens is 1. The smallest absolute Gasteiger partial charge is 0.270 e. The van der Waals surface area contributed by atoms with Crippen LogP contribution >= 0.6 is 11.6 Å². The maximum Gasteiger partial charge on any atom is 0.270 e. The van der Waals surface area contributed by atoms with E-state index in [0.717, 1.165) is 0 Å². The molecule has 0 atom stereocenters. The molecule has 0 unspecified atom stereocenters. The van der Waals surface area contributed by atoms with Crippen LogP contribution < -0.4 is 16.4 Å². The average Bonchev–Trinajstić information content (AvgIpc) is 2.33. The van der Waals surface area contributed by atoms with Gasteiger partial charge in [0.05, 0.1) is 13.1 Å². The van der Waals surface area contributed by atoms with Crippen LogP contribution in [0.3, 0.4) is 0 Å². The van der Waals surface area contributed by atoms with E-state index in [4.69, 9.17) is 17.3 Å². The number of carbonyl (C=O) groups is 3. The number of primary amides is 1. The van der Waals surface area contributed by atoms with Gasteiger partial charge in [-0.3, -0.25) is 19.4 Å². The van der Waals surface area contributed by atoms with Crippen molar-refractivity contribution in [3.63, 3.8) is 0 Å². The van der Waals surface area contributed by atoms with Crippen molar-refractivity contribution < 1.29 is 14.4 Å². The molecule has 0 aliphatic rings. The van der Waals surface area contributed by atoms with Gasteiger partial charge < -0.3 is 16.4 Å². The van der Waals surface area contributed by atoms with Gasteiger partial charge in [-0.2, -0.15) is 0 Å². The third-order valence-corrected chi connectivity index (χ3v) is 2.06. The molecule has 1 aromatic heterocycles. The molecule has 8 heteroatoms. The Morgan fingerprint density at radius 2 is 2.00 bits per heavy atom. The normalized spacial score (nSPS) is 9.61. The van der Waals surface area contributed by atoms with Crippen LogP contribution in [0.15, 0.2) is 18.3 Å². The number of nitrogens with zero attached hydrogens (tertiary/aromatic N) is 1. The summed E-state index contributed by atoms with van der Waals surface area (Å²) in [6, 6.07) is 2.90. The van der Waals surface area contributed by atoms with Crippen LogP contribution in [-0.2, 0) is 9.59 Å². The monoisotopic (exact) mass is 270 g/mol. The molecule has 0 fully saturated rings. The molecule has 0 aliphatic carbocycles. The van der Waals surface area contributed by atoms with Gasteiger partial charge in [0.1, 0.15) is 5.69 Å². The van der Waals surface area contributed by atoms with Crippen LogP contribution in [0.2, 0.25) is 5.02 Å². The van der Waals surface area contributed by atoms with E-state index in [-0.39, 0.29) is 18.8 Å². The molecule has 0 saturated carbocycles. The second-order valence-electron chi connectivity index (χ2n) is 3.29. The first kappa shape index (κ1) is 13.9. The van der Waals surface area contributed by atoms with E-state index in [9.17, 15) is 14.4 Å². The Balaban J connectivity index is 2.42. The zero-order valence-corrected chi connectivity index (χ0v) is 10.0. The SMILES string of the molecule is NC(=O)CNC(=O)CNC(=O)c1cc(Cl)ccn1. The van der Waals surface area contributed by atoms with Gasteiger partial charge >= 0.3 is 0 Å². The van der Waals surface area contributed by atoms with E-state index in [1.54, 1.807) is 0 Å². The Hall–Kier alpha value is -2.15. The Kier molecular flexibility index (Phi) is 5.06. The first-order valence-corrected chi connectivity index (χ1v) is 5.31. The lowest BCUT2D eigenvalue weighted by Crippen LogP contribution is -2.40. The molecule has 0 bridgehead atoms. The van der Waals surface area contributed by atoms with Crippen LogP contribution in [0.5, 0.6) is 0 Å². The summed E-state index contributed by atoms with van der Waals surface area (Å²) in [7, 11) is 0. The molecular weight excluding hydrogens is 260 g/mol. The summed E-state index contributed by atoms with van der Waals surface area (Å²) in [6.45, 7) is -0.551. The lowest BCUT2D eigenvalue weighted by atomic mass is 10.3. The molecule has 4 N–H and O–H groups in total. The predicted molar refractivity (Wildman–Crippen MR) is 63.8 cm³/mol. The Morgan fingerprint density at radius 3 is 2.61 bits per heavy atom. The predicted octanol–water partition coefficient (Wildman–Crippen LogP) is -0.934. The molecule has 7 nitrogen and oxygen atoms in total. The van der Waals surface area contributed by atoms with Crippen LogP contribution in [0.25, 0.3) is 0 Å². The van der Waals surface area contributed by atoms with Crippen LogP contribution in [0.1, 0.15) is 10.5 Å². The van der Waals surface area contributed by atoms with Crippen molar-refractivity contribution in [3.05, 3.63) is 29.0 Å². The average molecular weight is 271 g/mol. The molecule has 18 heavy (non-hydrogen) atoms. The third kappa shape index (κ3) is 4.79. The van der Waals surface area contributed by atoms with Gasteiger partial charge in [-0.15, -0.1) is 0 Å². The Labute approximate surface area is 108 Å². The minimum Gasteiger partial charge on any atom is -0.368 e. The number of hydrogen-bond donors (Lipinski definition) is 3. The fourth-order valence-corrected chi connectivity index (χ4v) is 1.19. The highest BCUT2D eigenvalue weighted by Crippen LogP contribution is 2.07. The highest BCUT2D eigenvalue weighted by atomic mass is 35.5. The molecule has 1 rings (SSSR count). The number of halogens is 1. The van der Waals surface area contributed by atoms with E-state index in [1.165, 1.54) is 18.3 Å². The van der Waals surface area contributed by atoms with E-state index in [0.29, 0.717) is 5.02 Å². The van der Waals surface area contributed by atoms with Crippen molar-refractivity contribution in [1.29, 1.82) is 0 Å². The fraction of sp³-hybridized carbons (Fsp3) is 0.200. The van der Waals surface area contributed by atoms with Crippen LogP contribution in [-0.4, -0.2) is 35.8 Å². The Bertz CT molecular complexity index is 478. The minimum absolute atomic E-state index is 0.102. The highest BCUT2D eigenvalue weighted by Gasteiger charge is 2.09. The summed E-state index contributed by atoms with van der Waals surface area (Å²) in [4.78, 5) is 36.9. The first-order valence-electron chi connectivity index (χ1n) is 4.94. The summed E-state index contributed by atoms with van der Waals surface area (Å²) >= 11 is 5.69. The fourth-order valence-electron chi connectivity index (χ4n) is 1.03. The molecular formula is C10H11ClN4O3. The maximum atomic E-state index is 11.5. The van der Waals surface area contributed by atoms with Gasteiger partial charge in [-0.05, 0) is 12.1 Å². The van der Waals surface area contributed by atoms with Crippen LogP contribution in [0, 0.1) is 0 Å². The van der Waals surface area contributed by atoms with Crippen LogP contribution in [0.4, 0.5) is 0 Å². The standard InChI is InChI=1S/C10H11ClN4O3/c11-6-1-2-13-7(3-6)10(18)15-5-9(17)14-4-8(12)16/h1-3H,4-5H2,(H2,12,16)(H,14,17)(H,15,18). The van der Waals surface area contributed by atoms with E-state index in [2.05, 4.69) is 15.6 Å². The largest absolute Gasteiger partial charge is 0.368 e. The molecule has 96 valence electrons. The van der Waals surface area contributed by atoms with Crippen molar-refractivity contribution in [1.82, 2.24) is 15.6 Å². The molecule has 0 saturated heterocycles.